The number of nitrogens with one attached hydrogen (secondary N) is 1. The van der Waals surface area contributed by atoms with Crippen molar-refractivity contribution >= 4 is 27.5 Å². The van der Waals surface area contributed by atoms with E-state index in [1.54, 1.807) is 6.92 Å². The van der Waals surface area contributed by atoms with Crippen LogP contribution in [0.5, 0.6) is 0 Å². The quantitative estimate of drug-likeness (QED) is 0.487. The number of nitro groups is 1. The zero-order valence-corrected chi connectivity index (χ0v) is 13.5. The van der Waals surface area contributed by atoms with Crippen molar-refractivity contribution in [2.45, 2.75) is 39.2 Å². The van der Waals surface area contributed by atoms with Gasteiger partial charge in [0, 0.05) is 28.6 Å². The van der Waals surface area contributed by atoms with Crippen LogP contribution in [0.4, 0.5) is 5.69 Å². The van der Waals surface area contributed by atoms with Crippen LogP contribution in [-0.4, -0.2) is 21.7 Å². The summed E-state index contributed by atoms with van der Waals surface area (Å²) < 4.78 is 0. The molecule has 0 spiro atoms. The number of halogens is 1. The van der Waals surface area contributed by atoms with Gasteiger partial charge in [0.1, 0.15) is 0 Å². The number of carbonyl (C=O) groups is 1. The minimum absolute atomic E-state index is 0.00297. The highest BCUT2D eigenvalue weighted by Crippen LogP contribution is 2.21. The molecule has 0 bridgehead atoms. The SMILES string of the molecule is CCC(CC)(CBr)NC(=O)c1ccc([N+](=O)[O-])cc1C. The maximum Gasteiger partial charge on any atom is 0.269 e. The van der Waals surface area contributed by atoms with E-state index in [0.29, 0.717) is 16.5 Å². The number of carbonyl (C=O) groups excluding carboxylic acids is 1. The number of hydrogen-bond acceptors (Lipinski definition) is 3. The van der Waals surface area contributed by atoms with Gasteiger partial charge in [0.05, 0.1) is 4.92 Å². The summed E-state index contributed by atoms with van der Waals surface area (Å²) in [6.45, 7) is 5.75. The van der Waals surface area contributed by atoms with Crippen LogP contribution in [0, 0.1) is 17.0 Å². The Kier molecular flexibility index (Phi) is 5.68. The lowest BCUT2D eigenvalue weighted by atomic mass is 9.94. The molecule has 0 aliphatic rings. The zero-order chi connectivity index (χ0) is 15.3. The zero-order valence-electron chi connectivity index (χ0n) is 11.9. The first-order valence-corrected chi connectivity index (χ1v) is 7.64. The molecule has 0 heterocycles. The Bertz CT molecular complexity index is 505. The van der Waals surface area contributed by atoms with E-state index in [1.807, 2.05) is 13.8 Å². The third-order valence-corrected chi connectivity index (χ3v) is 4.73. The van der Waals surface area contributed by atoms with Crippen LogP contribution in [0.2, 0.25) is 0 Å². The fourth-order valence-electron chi connectivity index (χ4n) is 1.97. The maximum absolute atomic E-state index is 12.3. The Morgan fingerprint density at radius 2 is 2.00 bits per heavy atom. The predicted molar refractivity (Wildman–Crippen MR) is 82.4 cm³/mol. The van der Waals surface area contributed by atoms with E-state index in [-0.39, 0.29) is 17.1 Å². The Balaban J connectivity index is 3.01. The Morgan fingerprint density at radius 3 is 2.40 bits per heavy atom. The monoisotopic (exact) mass is 342 g/mol. The van der Waals surface area contributed by atoms with Crippen molar-refractivity contribution < 1.29 is 9.72 Å². The van der Waals surface area contributed by atoms with Crippen molar-refractivity contribution in [2.75, 3.05) is 5.33 Å². The van der Waals surface area contributed by atoms with Crippen LogP contribution in [0.3, 0.4) is 0 Å². The van der Waals surface area contributed by atoms with E-state index in [1.165, 1.54) is 18.2 Å². The van der Waals surface area contributed by atoms with Gasteiger partial charge in [0.2, 0.25) is 0 Å². The number of alkyl halides is 1. The molecule has 0 unspecified atom stereocenters. The second-order valence-electron chi connectivity index (χ2n) is 4.83. The van der Waals surface area contributed by atoms with Crippen LogP contribution in [0.15, 0.2) is 18.2 Å². The lowest BCUT2D eigenvalue weighted by molar-refractivity contribution is -0.384. The highest BCUT2D eigenvalue weighted by atomic mass is 79.9. The van der Waals surface area contributed by atoms with Gasteiger partial charge in [-0.15, -0.1) is 0 Å². The fourth-order valence-corrected chi connectivity index (χ4v) is 2.91. The summed E-state index contributed by atoms with van der Waals surface area (Å²) in [6, 6.07) is 4.28. The van der Waals surface area contributed by atoms with Gasteiger partial charge in [-0.2, -0.15) is 0 Å². The van der Waals surface area contributed by atoms with Crippen molar-refractivity contribution in [3.63, 3.8) is 0 Å². The molecule has 1 rings (SSSR count). The number of amides is 1. The molecule has 0 saturated carbocycles. The molecule has 0 aliphatic carbocycles. The van der Waals surface area contributed by atoms with E-state index in [0.717, 1.165) is 12.8 Å². The third-order valence-electron chi connectivity index (χ3n) is 3.65. The molecule has 1 amide bonds. The largest absolute Gasteiger partial charge is 0.346 e. The summed E-state index contributed by atoms with van der Waals surface area (Å²) in [7, 11) is 0. The molecule has 1 N–H and O–H groups in total. The molecule has 6 heteroatoms. The highest BCUT2D eigenvalue weighted by molar-refractivity contribution is 9.09. The van der Waals surface area contributed by atoms with Crippen LogP contribution < -0.4 is 5.32 Å². The first kappa shape index (κ1) is 16.6. The van der Waals surface area contributed by atoms with Crippen LogP contribution >= 0.6 is 15.9 Å². The Hall–Kier alpha value is -1.43. The first-order valence-electron chi connectivity index (χ1n) is 6.52. The normalized spacial score (nSPS) is 11.2. The molecule has 0 aliphatic heterocycles. The number of benzene rings is 1. The van der Waals surface area contributed by atoms with E-state index in [2.05, 4.69) is 21.2 Å². The predicted octanol–water partition coefficient (Wildman–Crippen LogP) is 3.59. The van der Waals surface area contributed by atoms with Crippen LogP contribution in [0.1, 0.15) is 42.6 Å². The minimum Gasteiger partial charge on any atom is -0.346 e. The average molecular weight is 343 g/mol. The molecule has 1 aromatic rings. The number of hydrogen-bond donors (Lipinski definition) is 1. The molecule has 0 fully saturated rings. The number of aryl methyl sites for hydroxylation is 1. The third kappa shape index (κ3) is 3.56. The molecule has 0 aromatic heterocycles. The first-order chi connectivity index (χ1) is 9.39. The molecule has 20 heavy (non-hydrogen) atoms. The molecule has 5 nitrogen and oxygen atoms in total. The van der Waals surface area contributed by atoms with Gasteiger partial charge in [-0.1, -0.05) is 29.8 Å². The molecule has 0 saturated heterocycles. The number of nitrogens with zero attached hydrogens (tertiary/aromatic N) is 1. The van der Waals surface area contributed by atoms with Crippen molar-refractivity contribution in [2.24, 2.45) is 0 Å². The summed E-state index contributed by atoms with van der Waals surface area (Å²) in [5, 5.41) is 14.4. The van der Waals surface area contributed by atoms with Gasteiger partial charge in [0.25, 0.3) is 11.6 Å². The number of non-ortho nitro benzene ring substituents is 1. The topological polar surface area (TPSA) is 72.2 Å². The smallest absolute Gasteiger partial charge is 0.269 e. The molecular formula is C14H19BrN2O3. The molecule has 0 radical (unpaired) electrons. The van der Waals surface area contributed by atoms with Gasteiger partial charge < -0.3 is 5.32 Å². The molecular weight excluding hydrogens is 324 g/mol. The van der Waals surface area contributed by atoms with Gasteiger partial charge >= 0.3 is 0 Å². The second-order valence-corrected chi connectivity index (χ2v) is 5.39. The van der Waals surface area contributed by atoms with E-state index in [9.17, 15) is 14.9 Å². The standard InChI is InChI=1S/C14H19BrN2O3/c1-4-14(5-2,9-15)16-13(18)12-7-6-11(17(19)20)8-10(12)3/h6-8H,4-5,9H2,1-3H3,(H,16,18). The highest BCUT2D eigenvalue weighted by Gasteiger charge is 2.27. The van der Waals surface area contributed by atoms with Crippen LogP contribution in [0.25, 0.3) is 0 Å². The number of nitro benzene ring substituents is 1. The van der Waals surface area contributed by atoms with Crippen LogP contribution in [-0.2, 0) is 0 Å². The van der Waals surface area contributed by atoms with Crippen molar-refractivity contribution in [3.05, 3.63) is 39.4 Å². The van der Waals surface area contributed by atoms with E-state index in [4.69, 9.17) is 0 Å². The molecule has 110 valence electrons. The van der Waals surface area contributed by atoms with Gasteiger partial charge in [-0.25, -0.2) is 0 Å². The summed E-state index contributed by atoms with van der Waals surface area (Å²) in [6.07, 6.45) is 1.62. The van der Waals surface area contributed by atoms with Gasteiger partial charge in [-0.05, 0) is 31.4 Å². The van der Waals surface area contributed by atoms with Gasteiger partial charge in [-0.3, -0.25) is 14.9 Å². The minimum atomic E-state index is -0.463. The lowest BCUT2D eigenvalue weighted by Crippen LogP contribution is -2.49. The maximum atomic E-state index is 12.3. The van der Waals surface area contributed by atoms with Crippen molar-refractivity contribution in [1.82, 2.24) is 5.32 Å². The molecule has 1 aromatic carbocycles. The second kappa shape index (κ2) is 6.83. The Morgan fingerprint density at radius 1 is 1.40 bits per heavy atom. The lowest BCUT2D eigenvalue weighted by Gasteiger charge is -2.31. The van der Waals surface area contributed by atoms with Crippen molar-refractivity contribution in [3.8, 4) is 0 Å². The summed E-state index contributed by atoms with van der Waals surface area (Å²) in [5.74, 6) is -0.194. The average Bonchev–Trinajstić information content (AvgIpc) is 2.44. The summed E-state index contributed by atoms with van der Waals surface area (Å²) in [4.78, 5) is 22.6. The van der Waals surface area contributed by atoms with Gasteiger partial charge in [0.15, 0.2) is 0 Å². The van der Waals surface area contributed by atoms with E-state index >= 15 is 0 Å². The Labute approximate surface area is 127 Å². The number of rotatable bonds is 6. The van der Waals surface area contributed by atoms with E-state index < -0.39 is 4.92 Å². The summed E-state index contributed by atoms with van der Waals surface area (Å²) >= 11 is 3.44. The molecule has 0 atom stereocenters. The fraction of sp³-hybridized carbons (Fsp3) is 0.500. The van der Waals surface area contributed by atoms with Crippen molar-refractivity contribution in [1.29, 1.82) is 0 Å². The summed E-state index contributed by atoms with van der Waals surface area (Å²) in [5.41, 5.74) is 0.790.